The predicted molar refractivity (Wildman–Crippen MR) is 135 cm³/mol. The number of aromatic hydroxyl groups is 1. The summed E-state index contributed by atoms with van der Waals surface area (Å²) in [7, 11) is 3.57. The van der Waals surface area contributed by atoms with Gasteiger partial charge in [0.2, 0.25) is 0 Å². The summed E-state index contributed by atoms with van der Waals surface area (Å²) in [5, 5.41) is 13.9. The van der Waals surface area contributed by atoms with Crippen LogP contribution in [-0.4, -0.2) is 37.6 Å². The quantitative estimate of drug-likeness (QED) is 0.250. The number of phenolic OH excluding ortho intramolecular Hbond substituents is 1. The maximum absolute atomic E-state index is 11.4. The van der Waals surface area contributed by atoms with Crippen LogP contribution in [0.15, 0.2) is 54.6 Å². The second-order valence-electron chi connectivity index (χ2n) is 9.07. The first-order valence-electron chi connectivity index (χ1n) is 11.6. The third-order valence-electron chi connectivity index (χ3n) is 6.56. The second kappa shape index (κ2) is 8.16. The molecule has 1 fully saturated rings. The molecule has 8 heteroatoms. The number of anilines is 2. The number of rotatable bonds is 7. The van der Waals surface area contributed by atoms with E-state index in [1.165, 1.54) is 12.8 Å². The Morgan fingerprint density at radius 2 is 1.91 bits per heavy atom. The number of nitrogens with zero attached hydrogens (tertiary/aromatic N) is 4. The van der Waals surface area contributed by atoms with Crippen LogP contribution in [0.25, 0.3) is 33.6 Å². The lowest BCUT2D eigenvalue weighted by atomic mass is 10.2. The van der Waals surface area contributed by atoms with Gasteiger partial charge in [0.25, 0.3) is 0 Å². The lowest BCUT2D eigenvalue weighted by Crippen LogP contribution is -2.06. The van der Waals surface area contributed by atoms with Crippen molar-refractivity contribution in [3.8, 4) is 23.0 Å². The molecule has 2 aromatic carbocycles. The lowest BCUT2D eigenvalue weighted by molar-refractivity contribution is 0.112. The molecular formula is C27H25N5O3. The highest BCUT2D eigenvalue weighted by atomic mass is 16.5. The summed E-state index contributed by atoms with van der Waals surface area (Å²) < 4.78 is 9.86. The first kappa shape index (κ1) is 21.2. The molecule has 0 bridgehead atoms. The largest absolute Gasteiger partial charge is 0.508 e. The summed E-state index contributed by atoms with van der Waals surface area (Å²) in [6.45, 7) is 0.869. The van der Waals surface area contributed by atoms with Gasteiger partial charge in [0.05, 0.1) is 18.3 Å². The van der Waals surface area contributed by atoms with Gasteiger partial charge in [-0.3, -0.25) is 4.79 Å². The first-order chi connectivity index (χ1) is 17.0. The van der Waals surface area contributed by atoms with Crippen molar-refractivity contribution in [3.63, 3.8) is 0 Å². The maximum Gasteiger partial charge on any atom is 0.157 e. The van der Waals surface area contributed by atoms with E-state index in [1.54, 1.807) is 31.4 Å². The molecule has 0 saturated heterocycles. The number of carbonyl (C=O) groups is 1. The molecule has 2 N–H and O–H groups in total. The smallest absolute Gasteiger partial charge is 0.157 e. The van der Waals surface area contributed by atoms with Crippen LogP contribution in [0.1, 0.15) is 23.2 Å². The fraction of sp³-hybridized carbons (Fsp3) is 0.222. The lowest BCUT2D eigenvalue weighted by Gasteiger charge is -2.11. The molecule has 1 aliphatic rings. The summed E-state index contributed by atoms with van der Waals surface area (Å²) in [5.41, 5.74) is 4.82. The normalized spacial score (nSPS) is 13.4. The Balaban J connectivity index is 1.50. The number of benzene rings is 2. The third kappa shape index (κ3) is 3.77. The fourth-order valence-electron chi connectivity index (χ4n) is 4.60. The Hall–Kier alpha value is -4.33. The maximum atomic E-state index is 11.4. The zero-order valence-electron chi connectivity index (χ0n) is 19.5. The molecule has 176 valence electrons. The van der Waals surface area contributed by atoms with Crippen LogP contribution in [0.5, 0.6) is 11.5 Å². The summed E-state index contributed by atoms with van der Waals surface area (Å²) in [6, 6.07) is 16.6. The van der Waals surface area contributed by atoms with Gasteiger partial charge in [-0.25, -0.2) is 9.97 Å². The molecule has 0 atom stereocenters. The number of imidazole rings is 1. The number of aromatic nitrogens is 4. The second-order valence-corrected chi connectivity index (χ2v) is 9.07. The van der Waals surface area contributed by atoms with Crippen molar-refractivity contribution >= 4 is 39.9 Å². The molecule has 1 aliphatic carbocycles. The van der Waals surface area contributed by atoms with Gasteiger partial charge >= 0.3 is 0 Å². The first-order valence-corrected chi connectivity index (χ1v) is 11.6. The Bertz CT molecular complexity index is 1580. The van der Waals surface area contributed by atoms with E-state index in [0.717, 1.165) is 57.9 Å². The van der Waals surface area contributed by atoms with Gasteiger partial charge in [-0.2, -0.15) is 0 Å². The number of carbonyl (C=O) groups excluding carboxylic acids is 1. The Kier molecular flexibility index (Phi) is 4.95. The molecule has 0 spiro atoms. The van der Waals surface area contributed by atoms with E-state index in [-0.39, 0.29) is 5.75 Å². The minimum atomic E-state index is 0.223. The van der Waals surface area contributed by atoms with Crippen LogP contribution in [0.2, 0.25) is 0 Å². The Morgan fingerprint density at radius 3 is 2.63 bits per heavy atom. The average Bonchev–Trinajstić information content (AvgIpc) is 3.54. The molecule has 1 saturated carbocycles. The summed E-state index contributed by atoms with van der Waals surface area (Å²) >= 11 is 0. The van der Waals surface area contributed by atoms with Crippen LogP contribution < -0.4 is 10.1 Å². The predicted octanol–water partition coefficient (Wildman–Crippen LogP) is 5.27. The number of hydrogen-bond donors (Lipinski definition) is 2. The molecule has 0 unspecified atom stereocenters. The van der Waals surface area contributed by atoms with E-state index in [2.05, 4.69) is 22.0 Å². The van der Waals surface area contributed by atoms with Crippen molar-refractivity contribution < 1.29 is 14.6 Å². The highest BCUT2D eigenvalue weighted by molar-refractivity contribution is 5.93. The molecule has 6 rings (SSSR count). The van der Waals surface area contributed by atoms with Gasteiger partial charge < -0.3 is 24.3 Å². The van der Waals surface area contributed by atoms with Crippen LogP contribution in [-0.2, 0) is 13.6 Å². The van der Waals surface area contributed by atoms with Crippen molar-refractivity contribution in [2.45, 2.75) is 19.4 Å². The summed E-state index contributed by atoms with van der Waals surface area (Å²) in [5.74, 6) is 3.00. The molecule has 0 aliphatic heterocycles. The molecule has 3 aromatic heterocycles. The van der Waals surface area contributed by atoms with E-state index in [1.807, 2.05) is 29.8 Å². The number of ether oxygens (including phenoxy) is 1. The minimum Gasteiger partial charge on any atom is -0.508 e. The van der Waals surface area contributed by atoms with E-state index < -0.39 is 0 Å². The molecule has 35 heavy (non-hydrogen) atoms. The van der Waals surface area contributed by atoms with E-state index in [4.69, 9.17) is 14.7 Å². The number of pyridine rings is 1. The summed E-state index contributed by atoms with van der Waals surface area (Å²) in [4.78, 5) is 21.3. The monoisotopic (exact) mass is 467 g/mol. The highest BCUT2D eigenvalue weighted by Gasteiger charge is 2.26. The highest BCUT2D eigenvalue weighted by Crippen LogP contribution is 2.37. The van der Waals surface area contributed by atoms with Crippen molar-refractivity contribution in [3.05, 3.63) is 60.2 Å². The van der Waals surface area contributed by atoms with Crippen molar-refractivity contribution in [2.24, 2.45) is 13.0 Å². The molecule has 8 nitrogen and oxygen atoms in total. The minimum absolute atomic E-state index is 0.223. The molecular weight excluding hydrogens is 442 g/mol. The van der Waals surface area contributed by atoms with Gasteiger partial charge in [-0.15, -0.1) is 0 Å². The Morgan fingerprint density at radius 1 is 1.11 bits per heavy atom. The van der Waals surface area contributed by atoms with Crippen LogP contribution in [0.3, 0.4) is 0 Å². The van der Waals surface area contributed by atoms with E-state index in [0.29, 0.717) is 17.2 Å². The fourth-order valence-corrected chi connectivity index (χ4v) is 4.60. The van der Waals surface area contributed by atoms with Crippen molar-refractivity contribution in [2.75, 3.05) is 12.4 Å². The average molecular weight is 468 g/mol. The van der Waals surface area contributed by atoms with E-state index in [9.17, 15) is 9.90 Å². The number of methoxy groups -OCH3 is 1. The van der Waals surface area contributed by atoms with Crippen LogP contribution in [0.4, 0.5) is 11.5 Å². The van der Waals surface area contributed by atoms with Gasteiger partial charge in [0.15, 0.2) is 5.82 Å². The number of aldehydes is 1. The Labute approximate surface area is 201 Å². The topological polar surface area (TPSA) is 94.2 Å². The zero-order chi connectivity index (χ0) is 24.1. The van der Waals surface area contributed by atoms with Gasteiger partial charge in [0.1, 0.15) is 34.8 Å². The van der Waals surface area contributed by atoms with E-state index >= 15 is 0 Å². The zero-order valence-corrected chi connectivity index (χ0v) is 19.5. The number of aryl methyl sites for hydroxylation is 1. The standard InChI is InChI=1S/C27H25N5O3/c1-31-25-21(11-17(15-33)12-23(25)35-2)29-27(31)22-13-18-5-10-24(28-19-6-8-20(34)9-7-19)30-26(18)32(22)14-16-3-4-16/h5-13,15-16,34H,3-4,14H2,1-2H3,(H,28,30). The molecule has 3 heterocycles. The molecule has 0 radical (unpaired) electrons. The number of hydrogen-bond acceptors (Lipinski definition) is 6. The SMILES string of the molecule is COc1cc(C=O)cc2nc(-c3cc4ccc(Nc5ccc(O)cc5)nc4n3CC3CC3)n(C)c12. The summed E-state index contributed by atoms with van der Waals surface area (Å²) in [6.07, 6.45) is 3.24. The van der Waals surface area contributed by atoms with Crippen LogP contribution in [0, 0.1) is 5.92 Å². The molecule has 5 aromatic rings. The number of fused-ring (bicyclic) bond motifs is 2. The van der Waals surface area contributed by atoms with Crippen molar-refractivity contribution in [1.29, 1.82) is 0 Å². The molecule has 0 amide bonds. The third-order valence-corrected chi connectivity index (χ3v) is 6.56. The van der Waals surface area contributed by atoms with Gasteiger partial charge in [0, 0.05) is 30.2 Å². The number of nitrogens with one attached hydrogen (secondary N) is 1. The van der Waals surface area contributed by atoms with Crippen molar-refractivity contribution in [1.82, 2.24) is 19.1 Å². The number of phenols is 1. The van der Waals surface area contributed by atoms with Gasteiger partial charge in [-0.1, -0.05) is 0 Å². The van der Waals surface area contributed by atoms with Gasteiger partial charge in [-0.05, 0) is 73.4 Å². The van der Waals surface area contributed by atoms with Crippen LogP contribution >= 0.6 is 0 Å².